The van der Waals surface area contributed by atoms with Crippen molar-refractivity contribution >= 4 is 23.4 Å². The van der Waals surface area contributed by atoms with E-state index in [0.717, 1.165) is 19.2 Å². The molecule has 0 fully saturated rings. The monoisotopic (exact) mass is 265 g/mol. The number of methoxy groups -OCH3 is 1. The van der Waals surface area contributed by atoms with Crippen LogP contribution < -0.4 is 10.2 Å². The van der Waals surface area contributed by atoms with Gasteiger partial charge in [-0.2, -0.15) is 0 Å². The van der Waals surface area contributed by atoms with Crippen molar-refractivity contribution in [1.29, 1.82) is 0 Å². The van der Waals surface area contributed by atoms with Crippen LogP contribution in [0.2, 0.25) is 0 Å². The number of carboxylic acid groups (broad SMARTS) is 2. The van der Waals surface area contributed by atoms with Gasteiger partial charge in [-0.05, 0) is 6.07 Å². The number of nitrogens with zero attached hydrogens (tertiary/aromatic N) is 1. The fourth-order valence-corrected chi connectivity index (χ4v) is 1.44. The van der Waals surface area contributed by atoms with Gasteiger partial charge in [0, 0.05) is 6.07 Å². The lowest BCUT2D eigenvalue weighted by Crippen LogP contribution is -2.37. The summed E-state index contributed by atoms with van der Waals surface area (Å²) in [5.74, 6) is -4.82. The second-order valence-corrected chi connectivity index (χ2v) is 3.26. The molecule has 0 heterocycles. The molecule has 1 aromatic carbocycles. The van der Waals surface area contributed by atoms with E-state index in [9.17, 15) is 29.9 Å². The van der Waals surface area contributed by atoms with E-state index < -0.39 is 33.9 Å². The maximum atomic E-state index is 10.8. The van der Waals surface area contributed by atoms with Gasteiger partial charge in [0.15, 0.2) is 0 Å². The van der Waals surface area contributed by atoms with Crippen LogP contribution in [-0.4, -0.2) is 24.0 Å². The number of ether oxygens (including phenoxy) is 1. The van der Waals surface area contributed by atoms with Gasteiger partial charge in [0.2, 0.25) is 0 Å². The number of carbonyl (C=O) groups is 2. The van der Waals surface area contributed by atoms with Crippen molar-refractivity contribution in [3.63, 3.8) is 0 Å². The van der Waals surface area contributed by atoms with Gasteiger partial charge in [-0.25, -0.2) is 0 Å². The summed E-state index contributed by atoms with van der Waals surface area (Å²) in [5, 5.41) is 32.3. The quantitative estimate of drug-likeness (QED) is 0.157. The van der Waals surface area contributed by atoms with E-state index in [1.54, 1.807) is 0 Å². The third-order valence-corrected chi connectivity index (χ3v) is 2.18. The zero-order chi connectivity index (χ0) is 14.6. The number of nitro benzene ring substituents is 1. The Morgan fingerprint density at radius 2 is 1.68 bits per heavy atom. The molecule has 0 saturated carbocycles. The zero-order valence-corrected chi connectivity index (χ0v) is 9.61. The van der Waals surface area contributed by atoms with Gasteiger partial charge in [0.05, 0.1) is 35.1 Å². The first-order valence-corrected chi connectivity index (χ1v) is 4.84. The molecule has 0 N–H and O–H groups in total. The summed E-state index contributed by atoms with van der Waals surface area (Å²) < 4.78 is 4.65. The van der Waals surface area contributed by atoms with Crippen LogP contribution in [0.3, 0.4) is 0 Å². The third kappa shape index (κ3) is 2.86. The molecule has 0 aromatic heterocycles. The topological polar surface area (TPSA) is 133 Å². The molecule has 0 radical (unpaired) electrons. The summed E-state index contributed by atoms with van der Waals surface area (Å²) in [6.07, 6.45) is 0. The molecule has 19 heavy (non-hydrogen) atoms. The molecule has 0 aliphatic heterocycles. The molecule has 0 bridgehead atoms. The van der Waals surface area contributed by atoms with Gasteiger partial charge in [0.25, 0.3) is 5.69 Å². The van der Waals surface area contributed by atoms with Crippen LogP contribution in [0.5, 0.6) is 0 Å². The third-order valence-electron chi connectivity index (χ3n) is 2.18. The lowest BCUT2D eigenvalue weighted by molar-refractivity contribution is -0.385. The number of nitro groups is 1. The highest BCUT2D eigenvalue weighted by atomic mass is 16.6. The van der Waals surface area contributed by atoms with E-state index in [1.165, 1.54) is 12.1 Å². The van der Waals surface area contributed by atoms with Gasteiger partial charge in [-0.1, -0.05) is 12.1 Å². The van der Waals surface area contributed by atoms with E-state index in [2.05, 4.69) is 4.74 Å². The first kappa shape index (κ1) is 14.2. The van der Waals surface area contributed by atoms with Gasteiger partial charge in [0.1, 0.15) is 5.76 Å². The summed E-state index contributed by atoms with van der Waals surface area (Å²) in [5.41, 5.74) is -2.09. The summed E-state index contributed by atoms with van der Waals surface area (Å²) >= 11 is 0. The van der Waals surface area contributed by atoms with Gasteiger partial charge >= 0.3 is 0 Å². The van der Waals surface area contributed by atoms with Crippen molar-refractivity contribution < 1.29 is 29.5 Å². The van der Waals surface area contributed by atoms with Crippen molar-refractivity contribution in [2.45, 2.75) is 0 Å². The minimum atomic E-state index is -2.06. The van der Waals surface area contributed by atoms with Gasteiger partial charge < -0.3 is 24.5 Å². The molecule has 0 spiro atoms. The zero-order valence-electron chi connectivity index (χ0n) is 9.61. The number of hydrogen-bond donors (Lipinski definition) is 0. The van der Waals surface area contributed by atoms with E-state index in [1.807, 2.05) is 0 Å². The van der Waals surface area contributed by atoms with E-state index in [0.29, 0.717) is 0 Å². The average molecular weight is 265 g/mol. The summed E-state index contributed by atoms with van der Waals surface area (Å²) in [7, 11) is 0.984. The minimum Gasteiger partial charge on any atom is -0.545 e. The van der Waals surface area contributed by atoms with Crippen molar-refractivity contribution in [2.24, 2.45) is 0 Å². The molecular formula is C11H7NO7-2. The maximum absolute atomic E-state index is 10.8. The minimum absolute atomic E-state index is 0.293. The lowest BCUT2D eigenvalue weighted by atomic mass is 10.1. The molecule has 1 rings (SSSR count). The Hall–Kier alpha value is -2.90. The molecule has 0 aliphatic carbocycles. The fourth-order valence-electron chi connectivity index (χ4n) is 1.44. The van der Waals surface area contributed by atoms with Gasteiger partial charge in [-0.3, -0.25) is 10.1 Å². The van der Waals surface area contributed by atoms with E-state index in [4.69, 9.17) is 0 Å². The Kier molecular flexibility index (Phi) is 4.19. The Morgan fingerprint density at radius 1 is 1.16 bits per heavy atom. The Balaban J connectivity index is 3.64. The number of carboxylic acids is 2. The van der Waals surface area contributed by atoms with Crippen LogP contribution in [0.4, 0.5) is 5.69 Å². The Morgan fingerprint density at radius 3 is 2.11 bits per heavy atom. The van der Waals surface area contributed by atoms with Gasteiger partial charge in [-0.15, -0.1) is 0 Å². The van der Waals surface area contributed by atoms with Crippen molar-refractivity contribution in [3.05, 3.63) is 45.5 Å². The first-order chi connectivity index (χ1) is 8.90. The summed E-state index contributed by atoms with van der Waals surface area (Å²) in [6, 6.07) is 4.94. The molecule has 0 aliphatic rings. The standard InChI is InChI=1S/C11H9NO7/c1-19-9(8(10(13)14)11(15)16)6-4-2-3-5-7(6)12(17)18/h2-5H,1H3,(H,13,14)(H,15,16)/p-2. The summed E-state index contributed by atoms with van der Waals surface area (Å²) in [6.45, 7) is 0. The van der Waals surface area contributed by atoms with Crippen molar-refractivity contribution in [2.75, 3.05) is 7.11 Å². The summed E-state index contributed by atoms with van der Waals surface area (Å²) in [4.78, 5) is 31.5. The molecule has 0 unspecified atom stereocenters. The SMILES string of the molecule is COC(=C(C(=O)[O-])C(=O)[O-])c1ccccc1[N+](=O)[O-]. The van der Waals surface area contributed by atoms with E-state index in [-0.39, 0.29) is 5.56 Å². The molecule has 0 atom stereocenters. The van der Waals surface area contributed by atoms with E-state index >= 15 is 0 Å². The molecule has 100 valence electrons. The highest BCUT2D eigenvalue weighted by Crippen LogP contribution is 2.28. The number of rotatable bonds is 5. The van der Waals surface area contributed by atoms with Crippen LogP contribution in [0, 0.1) is 10.1 Å². The highest BCUT2D eigenvalue weighted by Gasteiger charge is 2.21. The average Bonchev–Trinajstić information content (AvgIpc) is 2.34. The number of hydrogen-bond acceptors (Lipinski definition) is 7. The van der Waals surface area contributed by atoms with Crippen LogP contribution in [-0.2, 0) is 14.3 Å². The van der Waals surface area contributed by atoms with Crippen LogP contribution >= 0.6 is 0 Å². The van der Waals surface area contributed by atoms with Crippen molar-refractivity contribution in [1.82, 2.24) is 0 Å². The lowest BCUT2D eigenvalue weighted by Gasteiger charge is -2.16. The largest absolute Gasteiger partial charge is 0.545 e. The first-order valence-electron chi connectivity index (χ1n) is 4.84. The second kappa shape index (κ2) is 5.63. The number of para-hydroxylation sites is 1. The maximum Gasteiger partial charge on any atom is 0.280 e. The van der Waals surface area contributed by atoms with Crippen molar-refractivity contribution in [3.8, 4) is 0 Å². The Labute approximate surface area is 106 Å². The predicted molar refractivity (Wildman–Crippen MR) is 57.0 cm³/mol. The number of aliphatic carboxylic acids is 2. The van der Waals surface area contributed by atoms with Crippen LogP contribution in [0.15, 0.2) is 29.8 Å². The smallest absolute Gasteiger partial charge is 0.280 e. The highest BCUT2D eigenvalue weighted by molar-refractivity contribution is 6.16. The van der Waals surface area contributed by atoms with Crippen LogP contribution in [0.25, 0.3) is 5.76 Å². The Bertz CT molecular complexity index is 560. The number of benzene rings is 1. The number of carbonyl (C=O) groups excluding carboxylic acids is 2. The molecular weight excluding hydrogens is 258 g/mol. The molecule has 0 saturated heterocycles. The molecule has 8 heteroatoms. The molecule has 0 amide bonds. The molecule has 1 aromatic rings. The molecule has 8 nitrogen and oxygen atoms in total. The van der Waals surface area contributed by atoms with Crippen LogP contribution in [0.1, 0.15) is 5.56 Å². The second-order valence-electron chi connectivity index (χ2n) is 3.26. The fraction of sp³-hybridized carbons (Fsp3) is 0.0909. The predicted octanol–water partition coefficient (Wildman–Crippen LogP) is -1.55. The normalized spacial score (nSPS) is 9.53.